The molecule has 4 fully saturated rings. The minimum absolute atomic E-state index is 0.348. The van der Waals surface area contributed by atoms with Crippen LogP contribution in [-0.2, 0) is 0 Å². The van der Waals surface area contributed by atoms with Gasteiger partial charge in [0.05, 0.1) is 6.04 Å². The molecule has 3 nitrogen and oxygen atoms in total. The molecule has 4 aliphatic carbocycles. The third-order valence-corrected chi connectivity index (χ3v) is 10.2. The number of guanidine groups is 1. The summed E-state index contributed by atoms with van der Waals surface area (Å²) in [5.74, 6) is 3.83. The van der Waals surface area contributed by atoms with E-state index in [0.29, 0.717) is 23.3 Å². The van der Waals surface area contributed by atoms with E-state index in [1.54, 1.807) is 0 Å². The average Bonchev–Trinajstić information content (AvgIpc) is 2.84. The van der Waals surface area contributed by atoms with Crippen LogP contribution in [0.2, 0.25) is 0 Å². The van der Waals surface area contributed by atoms with Crippen molar-refractivity contribution >= 4 is 5.96 Å². The van der Waals surface area contributed by atoms with Crippen LogP contribution in [0.1, 0.15) is 135 Å². The Morgan fingerprint density at radius 1 is 0.581 bits per heavy atom. The second-order valence-electron chi connectivity index (χ2n) is 11.8. The number of rotatable bonds is 7. The normalized spacial score (nSPS) is 27.1. The molecule has 0 aromatic rings. The van der Waals surface area contributed by atoms with Crippen molar-refractivity contribution in [2.75, 3.05) is 0 Å². The lowest BCUT2D eigenvalue weighted by Gasteiger charge is -2.56. The SMILES string of the molecule is NC(N)=NC(CC(C1CCCCC1)(C1CCCCC1)C1CCCCC1)C1CCCCC1. The Morgan fingerprint density at radius 2 is 0.935 bits per heavy atom. The van der Waals surface area contributed by atoms with Crippen molar-refractivity contribution in [1.29, 1.82) is 0 Å². The van der Waals surface area contributed by atoms with E-state index < -0.39 is 0 Å². The fourth-order valence-corrected chi connectivity index (χ4v) is 8.81. The van der Waals surface area contributed by atoms with Crippen LogP contribution in [0.3, 0.4) is 0 Å². The number of hydrogen-bond donors (Lipinski definition) is 2. The molecule has 31 heavy (non-hydrogen) atoms. The van der Waals surface area contributed by atoms with Gasteiger partial charge >= 0.3 is 0 Å². The Kier molecular flexibility index (Phi) is 8.63. The third-order valence-electron chi connectivity index (χ3n) is 10.2. The highest BCUT2D eigenvalue weighted by atomic mass is 15.0. The third kappa shape index (κ3) is 5.61. The first-order chi connectivity index (χ1) is 15.2. The smallest absolute Gasteiger partial charge is 0.186 e. The molecule has 0 saturated heterocycles. The van der Waals surface area contributed by atoms with Gasteiger partial charge < -0.3 is 11.5 Å². The van der Waals surface area contributed by atoms with Gasteiger partial charge in [0.25, 0.3) is 0 Å². The molecular formula is C28H51N3. The zero-order chi connectivity index (χ0) is 21.5. The molecule has 4 saturated carbocycles. The van der Waals surface area contributed by atoms with E-state index >= 15 is 0 Å². The van der Waals surface area contributed by atoms with Crippen LogP contribution in [0.5, 0.6) is 0 Å². The molecule has 0 spiro atoms. The Balaban J connectivity index is 1.71. The zero-order valence-corrected chi connectivity index (χ0v) is 20.3. The molecule has 0 aromatic heterocycles. The van der Waals surface area contributed by atoms with Crippen LogP contribution in [0, 0.1) is 29.1 Å². The van der Waals surface area contributed by atoms with Crippen LogP contribution in [0.4, 0.5) is 0 Å². The van der Waals surface area contributed by atoms with Gasteiger partial charge in [-0.2, -0.15) is 0 Å². The molecule has 4 aliphatic rings. The zero-order valence-electron chi connectivity index (χ0n) is 20.3. The molecule has 4 rings (SSSR count). The lowest BCUT2D eigenvalue weighted by Crippen LogP contribution is -2.50. The van der Waals surface area contributed by atoms with Gasteiger partial charge in [-0.1, -0.05) is 77.0 Å². The Labute approximate surface area is 192 Å². The largest absolute Gasteiger partial charge is 0.370 e. The van der Waals surface area contributed by atoms with Gasteiger partial charge in [-0.25, -0.2) is 0 Å². The van der Waals surface area contributed by atoms with Crippen molar-refractivity contribution in [1.82, 2.24) is 0 Å². The van der Waals surface area contributed by atoms with Gasteiger partial charge in [-0.3, -0.25) is 4.99 Å². The standard InChI is InChI=1S/C28H51N3/c29-27(30)31-26(22-13-5-1-6-14-22)21-28(23-15-7-2-8-16-23,24-17-9-3-10-18-24)25-19-11-4-12-20-25/h22-26H,1-21H2,(H4,29,30,31). The summed E-state index contributed by atoms with van der Waals surface area (Å²) >= 11 is 0. The van der Waals surface area contributed by atoms with E-state index in [2.05, 4.69) is 0 Å². The quantitative estimate of drug-likeness (QED) is 0.329. The van der Waals surface area contributed by atoms with E-state index in [-0.39, 0.29) is 0 Å². The van der Waals surface area contributed by atoms with E-state index in [0.717, 1.165) is 17.8 Å². The summed E-state index contributed by atoms with van der Waals surface area (Å²) in [4.78, 5) is 5.04. The minimum atomic E-state index is 0.348. The first-order valence-corrected chi connectivity index (χ1v) is 14.3. The van der Waals surface area contributed by atoms with Crippen molar-refractivity contribution in [2.24, 2.45) is 45.5 Å². The van der Waals surface area contributed by atoms with Crippen molar-refractivity contribution in [3.8, 4) is 0 Å². The Hall–Kier alpha value is -0.730. The Bertz CT molecular complexity index is 497. The summed E-state index contributed by atoms with van der Waals surface area (Å²) in [5, 5.41) is 0. The van der Waals surface area contributed by atoms with Crippen LogP contribution in [-0.4, -0.2) is 12.0 Å². The number of nitrogens with two attached hydrogens (primary N) is 2. The molecule has 0 aliphatic heterocycles. The predicted molar refractivity (Wildman–Crippen MR) is 133 cm³/mol. The summed E-state index contributed by atoms with van der Waals surface area (Å²) in [6.07, 6.45) is 30.2. The van der Waals surface area contributed by atoms with Crippen molar-refractivity contribution < 1.29 is 0 Å². The maximum Gasteiger partial charge on any atom is 0.186 e. The van der Waals surface area contributed by atoms with Crippen LogP contribution in [0.15, 0.2) is 4.99 Å². The van der Waals surface area contributed by atoms with Crippen molar-refractivity contribution in [3.63, 3.8) is 0 Å². The lowest BCUT2D eigenvalue weighted by atomic mass is 9.49. The molecule has 3 heteroatoms. The van der Waals surface area contributed by atoms with Gasteiger partial charge in [-0.05, 0) is 86.9 Å². The molecular weight excluding hydrogens is 378 g/mol. The van der Waals surface area contributed by atoms with E-state index in [9.17, 15) is 0 Å². The molecule has 4 N–H and O–H groups in total. The highest BCUT2D eigenvalue weighted by molar-refractivity contribution is 5.75. The summed E-state index contributed by atoms with van der Waals surface area (Å²) in [7, 11) is 0. The van der Waals surface area contributed by atoms with E-state index in [4.69, 9.17) is 16.5 Å². The molecule has 0 bridgehead atoms. The summed E-state index contributed by atoms with van der Waals surface area (Å²) < 4.78 is 0. The van der Waals surface area contributed by atoms with Crippen LogP contribution in [0.25, 0.3) is 0 Å². The summed E-state index contributed by atoms with van der Waals surface area (Å²) in [6.45, 7) is 0. The van der Waals surface area contributed by atoms with E-state index in [1.165, 1.54) is 135 Å². The maximum atomic E-state index is 6.08. The molecule has 0 heterocycles. The fraction of sp³-hybridized carbons (Fsp3) is 0.964. The summed E-state index contributed by atoms with van der Waals surface area (Å²) in [5.41, 5.74) is 12.7. The van der Waals surface area contributed by atoms with E-state index in [1.807, 2.05) is 0 Å². The predicted octanol–water partition coefficient (Wildman–Crippen LogP) is 7.33. The fourth-order valence-electron chi connectivity index (χ4n) is 8.81. The summed E-state index contributed by atoms with van der Waals surface area (Å²) in [6, 6.07) is 0.371. The maximum absolute atomic E-state index is 6.08. The van der Waals surface area contributed by atoms with Gasteiger partial charge in [0, 0.05) is 0 Å². The number of hydrogen-bond acceptors (Lipinski definition) is 1. The van der Waals surface area contributed by atoms with Gasteiger partial charge in [-0.15, -0.1) is 0 Å². The highest BCUT2D eigenvalue weighted by Gasteiger charge is 2.52. The number of nitrogens with zero attached hydrogens (tertiary/aromatic N) is 1. The lowest BCUT2D eigenvalue weighted by molar-refractivity contribution is -0.0643. The van der Waals surface area contributed by atoms with Crippen LogP contribution >= 0.6 is 0 Å². The van der Waals surface area contributed by atoms with Gasteiger partial charge in [0.2, 0.25) is 0 Å². The van der Waals surface area contributed by atoms with Gasteiger partial charge in [0.1, 0.15) is 0 Å². The first-order valence-electron chi connectivity index (χ1n) is 14.3. The van der Waals surface area contributed by atoms with Crippen molar-refractivity contribution in [2.45, 2.75) is 141 Å². The molecule has 0 radical (unpaired) electrons. The molecule has 1 unspecified atom stereocenters. The Morgan fingerprint density at radius 3 is 1.29 bits per heavy atom. The second kappa shape index (κ2) is 11.4. The average molecular weight is 430 g/mol. The molecule has 1 atom stereocenters. The number of aliphatic imine (C=N–C) groups is 1. The molecule has 0 amide bonds. The second-order valence-corrected chi connectivity index (χ2v) is 11.8. The van der Waals surface area contributed by atoms with Crippen molar-refractivity contribution in [3.05, 3.63) is 0 Å². The first kappa shape index (κ1) is 23.4. The van der Waals surface area contributed by atoms with Crippen LogP contribution < -0.4 is 11.5 Å². The molecule has 178 valence electrons. The minimum Gasteiger partial charge on any atom is -0.370 e. The van der Waals surface area contributed by atoms with Gasteiger partial charge in [0.15, 0.2) is 5.96 Å². The molecule has 0 aromatic carbocycles. The topological polar surface area (TPSA) is 64.4 Å². The highest BCUT2D eigenvalue weighted by Crippen LogP contribution is 2.60. The monoisotopic (exact) mass is 429 g/mol.